The number of hydrogen-bond acceptors (Lipinski definition) is 5. The van der Waals surface area contributed by atoms with Gasteiger partial charge in [-0.3, -0.25) is 20.2 Å². The van der Waals surface area contributed by atoms with E-state index in [1.54, 1.807) is 13.0 Å². The van der Waals surface area contributed by atoms with E-state index in [4.69, 9.17) is 12.2 Å². The molecule has 0 aliphatic carbocycles. The molecule has 0 aliphatic rings. The number of aromatic nitrogens is 1. The van der Waals surface area contributed by atoms with Crippen LogP contribution < -0.4 is 10.6 Å². The Morgan fingerprint density at radius 3 is 2.62 bits per heavy atom. The Balaban J connectivity index is 2.08. The highest BCUT2D eigenvalue weighted by Crippen LogP contribution is 2.19. The normalized spacial score (nSPS) is 10.1. The molecule has 9 heteroatoms. The van der Waals surface area contributed by atoms with E-state index in [2.05, 4.69) is 38.2 Å². The largest absolute Gasteiger partial charge is 0.317 e. The van der Waals surface area contributed by atoms with Gasteiger partial charge in [-0.1, -0.05) is 6.07 Å². The zero-order valence-electron chi connectivity index (χ0n) is 12.8. The van der Waals surface area contributed by atoms with Crippen molar-refractivity contribution in [3.63, 3.8) is 0 Å². The van der Waals surface area contributed by atoms with Gasteiger partial charge in [-0.15, -0.1) is 0 Å². The predicted molar refractivity (Wildman–Crippen MR) is 103 cm³/mol. The van der Waals surface area contributed by atoms with Crippen LogP contribution in [0, 0.1) is 27.5 Å². The van der Waals surface area contributed by atoms with Gasteiger partial charge in [0.05, 0.1) is 10.6 Å². The zero-order valence-corrected chi connectivity index (χ0v) is 15.8. The number of amides is 1. The molecule has 2 N–H and O–H groups in total. The molecular weight excluding hydrogens is 443 g/mol. The summed E-state index contributed by atoms with van der Waals surface area (Å²) in [4.78, 5) is 26.9. The van der Waals surface area contributed by atoms with Crippen LogP contribution in [0.2, 0.25) is 0 Å². The minimum atomic E-state index is -0.530. The summed E-state index contributed by atoms with van der Waals surface area (Å²) in [5.74, 6) is -0.0223. The van der Waals surface area contributed by atoms with Gasteiger partial charge in [0.15, 0.2) is 5.11 Å². The fourth-order valence-corrected chi connectivity index (χ4v) is 2.38. The summed E-state index contributed by atoms with van der Waals surface area (Å²) in [5, 5.41) is 16.3. The highest BCUT2D eigenvalue weighted by molar-refractivity contribution is 14.1. The first-order valence-corrected chi connectivity index (χ1v) is 8.27. The van der Waals surface area contributed by atoms with Crippen LogP contribution in [0.3, 0.4) is 0 Å². The molecule has 124 valence electrons. The number of aryl methyl sites for hydroxylation is 2. The van der Waals surface area contributed by atoms with Gasteiger partial charge in [0.2, 0.25) is 0 Å². The molecule has 0 saturated heterocycles. The maximum Gasteiger partial charge on any atom is 0.273 e. The summed E-state index contributed by atoms with van der Waals surface area (Å²) in [6, 6.07) is 7.87. The number of nitrogens with one attached hydrogen (secondary N) is 2. The number of pyridine rings is 1. The third-order valence-electron chi connectivity index (χ3n) is 3.16. The average Bonchev–Trinajstić information content (AvgIpc) is 2.51. The number of hydrogen-bond donors (Lipinski definition) is 2. The maximum atomic E-state index is 12.2. The first-order chi connectivity index (χ1) is 11.3. The van der Waals surface area contributed by atoms with Crippen molar-refractivity contribution in [2.24, 2.45) is 0 Å². The number of rotatable bonds is 3. The van der Waals surface area contributed by atoms with Gasteiger partial charge in [-0.05, 0) is 66.9 Å². The quantitative estimate of drug-likeness (QED) is 0.318. The van der Waals surface area contributed by atoms with Crippen LogP contribution >= 0.6 is 34.8 Å². The van der Waals surface area contributed by atoms with E-state index in [1.807, 2.05) is 13.0 Å². The summed E-state index contributed by atoms with van der Waals surface area (Å²) >= 11 is 7.25. The number of benzene rings is 1. The van der Waals surface area contributed by atoms with Crippen LogP contribution in [0.25, 0.3) is 0 Å². The van der Waals surface area contributed by atoms with Crippen molar-refractivity contribution in [1.82, 2.24) is 10.3 Å². The molecule has 1 aromatic carbocycles. The molecule has 0 bridgehead atoms. The molecule has 0 aliphatic heterocycles. The molecular formula is C15H13IN4O3S. The van der Waals surface area contributed by atoms with Crippen molar-refractivity contribution in [3.05, 3.63) is 60.8 Å². The minimum Gasteiger partial charge on any atom is -0.317 e. The smallest absolute Gasteiger partial charge is 0.273 e. The first-order valence-electron chi connectivity index (χ1n) is 6.78. The molecule has 2 aromatic rings. The van der Waals surface area contributed by atoms with Crippen molar-refractivity contribution in [2.45, 2.75) is 13.8 Å². The Labute approximate surface area is 157 Å². The van der Waals surface area contributed by atoms with E-state index in [-0.39, 0.29) is 16.4 Å². The Kier molecular flexibility index (Phi) is 5.78. The lowest BCUT2D eigenvalue weighted by molar-refractivity contribution is -0.385. The number of nitrogens with zero attached hydrogens (tertiary/aromatic N) is 2. The number of halogens is 1. The van der Waals surface area contributed by atoms with Crippen LogP contribution in [0.15, 0.2) is 30.3 Å². The Morgan fingerprint density at radius 1 is 1.29 bits per heavy atom. The molecule has 1 heterocycles. The van der Waals surface area contributed by atoms with Crippen LogP contribution in [0.1, 0.15) is 21.6 Å². The molecule has 0 unspecified atom stereocenters. The topological polar surface area (TPSA) is 97.2 Å². The molecule has 0 atom stereocenters. The lowest BCUT2D eigenvalue weighted by Crippen LogP contribution is -2.34. The second-order valence-electron chi connectivity index (χ2n) is 4.93. The van der Waals surface area contributed by atoms with Gasteiger partial charge >= 0.3 is 0 Å². The lowest BCUT2D eigenvalue weighted by Gasteiger charge is -2.10. The van der Waals surface area contributed by atoms with Crippen LogP contribution in [-0.4, -0.2) is 20.9 Å². The molecule has 0 radical (unpaired) electrons. The zero-order chi connectivity index (χ0) is 17.9. The standard InChI is InChI=1S/C15H13IN4O3S/c1-8-3-4-10(7-12(8)20(22)23)14(21)19-15(24)18-13-6-5-11(16)9(2)17-13/h3-7H,1-2H3,(H2,17,18,19,21,24). The third kappa shape index (κ3) is 4.45. The fourth-order valence-electron chi connectivity index (χ4n) is 1.88. The summed E-state index contributed by atoms with van der Waals surface area (Å²) in [7, 11) is 0. The van der Waals surface area contributed by atoms with Crippen LogP contribution in [-0.2, 0) is 0 Å². The molecule has 0 saturated carbocycles. The molecule has 7 nitrogen and oxygen atoms in total. The van der Waals surface area contributed by atoms with Gasteiger partial charge in [-0.25, -0.2) is 4.98 Å². The Morgan fingerprint density at radius 2 is 2.00 bits per heavy atom. The number of nitro benzene ring substituents is 1. The highest BCUT2D eigenvalue weighted by atomic mass is 127. The van der Waals surface area contributed by atoms with Crippen molar-refractivity contribution >= 4 is 57.3 Å². The van der Waals surface area contributed by atoms with E-state index < -0.39 is 10.8 Å². The van der Waals surface area contributed by atoms with E-state index in [1.165, 1.54) is 18.2 Å². The average molecular weight is 456 g/mol. The Hall–Kier alpha value is -2.14. The fraction of sp³-hybridized carbons (Fsp3) is 0.133. The number of carbonyl (C=O) groups excluding carboxylic acids is 1. The van der Waals surface area contributed by atoms with Crippen molar-refractivity contribution < 1.29 is 9.72 Å². The van der Waals surface area contributed by atoms with E-state index in [0.717, 1.165) is 9.26 Å². The van der Waals surface area contributed by atoms with Gasteiger partial charge in [0.25, 0.3) is 11.6 Å². The minimum absolute atomic E-state index is 0.0661. The monoisotopic (exact) mass is 456 g/mol. The number of nitro groups is 1. The van der Waals surface area contributed by atoms with Gasteiger partial charge in [0.1, 0.15) is 5.82 Å². The number of thiocarbonyl (C=S) groups is 1. The Bertz CT molecular complexity index is 841. The predicted octanol–water partition coefficient (Wildman–Crippen LogP) is 3.34. The summed E-state index contributed by atoms with van der Waals surface area (Å²) in [6.07, 6.45) is 0. The molecule has 1 amide bonds. The molecule has 0 fully saturated rings. The highest BCUT2D eigenvalue weighted by Gasteiger charge is 2.16. The van der Waals surface area contributed by atoms with Crippen molar-refractivity contribution in [2.75, 3.05) is 5.32 Å². The second kappa shape index (κ2) is 7.62. The molecule has 1 aromatic heterocycles. The number of carbonyl (C=O) groups is 1. The summed E-state index contributed by atoms with van der Waals surface area (Å²) in [6.45, 7) is 3.47. The van der Waals surface area contributed by atoms with Crippen LogP contribution in [0.4, 0.5) is 11.5 Å². The maximum absolute atomic E-state index is 12.2. The number of anilines is 1. The molecule has 24 heavy (non-hydrogen) atoms. The van der Waals surface area contributed by atoms with Crippen molar-refractivity contribution in [1.29, 1.82) is 0 Å². The summed E-state index contributed by atoms with van der Waals surface area (Å²) < 4.78 is 1.01. The van der Waals surface area contributed by atoms with E-state index >= 15 is 0 Å². The van der Waals surface area contributed by atoms with Crippen molar-refractivity contribution in [3.8, 4) is 0 Å². The second-order valence-corrected chi connectivity index (χ2v) is 6.50. The van der Waals surface area contributed by atoms with Gasteiger partial charge in [-0.2, -0.15) is 0 Å². The van der Waals surface area contributed by atoms with Gasteiger partial charge in [0, 0.05) is 20.8 Å². The SMILES string of the molecule is Cc1ccc(C(=O)NC(=S)Nc2ccc(I)c(C)n2)cc1[N+](=O)[O-]. The van der Waals surface area contributed by atoms with Gasteiger partial charge < -0.3 is 5.32 Å². The van der Waals surface area contributed by atoms with Crippen LogP contribution in [0.5, 0.6) is 0 Å². The van der Waals surface area contributed by atoms with E-state index in [0.29, 0.717) is 11.4 Å². The third-order valence-corrected chi connectivity index (χ3v) is 4.50. The first kappa shape index (κ1) is 18.2. The summed E-state index contributed by atoms with van der Waals surface area (Å²) in [5.41, 5.74) is 1.36. The molecule has 0 spiro atoms. The lowest BCUT2D eigenvalue weighted by atomic mass is 10.1. The van der Waals surface area contributed by atoms with E-state index in [9.17, 15) is 14.9 Å². The molecule has 2 rings (SSSR count).